The van der Waals surface area contributed by atoms with Gasteiger partial charge in [0.25, 0.3) is 0 Å². The Balaban J connectivity index is 1.16. The van der Waals surface area contributed by atoms with E-state index >= 15 is 0 Å². The highest BCUT2D eigenvalue weighted by Gasteiger charge is 2.26. The Bertz CT molecular complexity index is 1600. The smallest absolute Gasteiger partial charge is 0.225 e. The first-order valence-corrected chi connectivity index (χ1v) is 13.5. The zero-order valence-corrected chi connectivity index (χ0v) is 23.0. The lowest BCUT2D eigenvalue weighted by atomic mass is 9.87. The number of aliphatic hydroxyl groups is 1. The third kappa shape index (κ3) is 4.78. The number of aromatic nitrogens is 7. The van der Waals surface area contributed by atoms with Gasteiger partial charge in [0.1, 0.15) is 11.8 Å². The number of nitrogens with zero attached hydrogens (tertiary/aromatic N) is 9. The molecule has 206 valence electrons. The molecule has 5 aromatic rings. The van der Waals surface area contributed by atoms with E-state index in [0.717, 1.165) is 59.8 Å². The van der Waals surface area contributed by atoms with Crippen molar-refractivity contribution in [1.29, 1.82) is 0 Å². The molecule has 0 bridgehead atoms. The largest absolute Gasteiger partial charge is 0.394 e. The number of piperazine rings is 1. The molecule has 1 aliphatic heterocycles. The van der Waals surface area contributed by atoms with Crippen molar-refractivity contribution in [2.75, 3.05) is 42.6 Å². The molecule has 5 heterocycles. The summed E-state index contributed by atoms with van der Waals surface area (Å²) in [4.78, 5) is 18.5. The number of nitrogens with two attached hydrogens (primary N) is 1. The average molecular weight is 539 g/mol. The molecule has 0 amide bonds. The number of benzene rings is 1. The van der Waals surface area contributed by atoms with E-state index in [1.807, 2.05) is 49.3 Å². The van der Waals surface area contributed by atoms with E-state index in [-0.39, 0.29) is 12.6 Å². The van der Waals surface area contributed by atoms with E-state index in [1.54, 1.807) is 11.0 Å². The molecule has 2 atom stereocenters. The zero-order valence-electron chi connectivity index (χ0n) is 23.0. The summed E-state index contributed by atoms with van der Waals surface area (Å²) in [5, 5.41) is 18.3. The second-order valence-electron chi connectivity index (χ2n) is 10.7. The summed E-state index contributed by atoms with van der Waals surface area (Å²) in [6.45, 7) is 9.12. The van der Waals surface area contributed by atoms with Crippen LogP contribution in [0.15, 0.2) is 67.6 Å². The number of hydrogen-bond acceptors (Lipinski definition) is 9. The summed E-state index contributed by atoms with van der Waals surface area (Å²) in [5.41, 5.74) is 12.0. The molecule has 40 heavy (non-hydrogen) atoms. The van der Waals surface area contributed by atoms with Gasteiger partial charge in [0.2, 0.25) is 5.95 Å². The molecule has 1 fully saturated rings. The fourth-order valence-corrected chi connectivity index (χ4v) is 5.07. The Kier molecular flexibility index (Phi) is 6.68. The molecule has 11 nitrogen and oxygen atoms in total. The first-order chi connectivity index (χ1) is 19.3. The fourth-order valence-electron chi connectivity index (χ4n) is 5.07. The van der Waals surface area contributed by atoms with Crippen LogP contribution in [-0.4, -0.2) is 72.2 Å². The minimum Gasteiger partial charge on any atom is -0.394 e. The lowest BCUT2D eigenvalue weighted by Gasteiger charge is -2.35. The van der Waals surface area contributed by atoms with E-state index in [1.165, 1.54) is 5.56 Å². The van der Waals surface area contributed by atoms with Crippen LogP contribution in [0, 0.1) is 6.92 Å². The predicted molar refractivity (Wildman–Crippen MR) is 154 cm³/mol. The summed E-state index contributed by atoms with van der Waals surface area (Å²) >= 11 is 0. The van der Waals surface area contributed by atoms with Crippen molar-refractivity contribution in [3.8, 4) is 11.1 Å². The minimum atomic E-state index is -0.671. The molecule has 0 unspecified atom stereocenters. The maximum absolute atomic E-state index is 9.44. The third-order valence-electron chi connectivity index (χ3n) is 7.79. The molecule has 4 aromatic heterocycles. The molecule has 1 aromatic carbocycles. The number of aliphatic hydroxyl groups excluding tert-OH is 1. The molecule has 3 N–H and O–H groups in total. The molecule has 0 aliphatic carbocycles. The minimum absolute atomic E-state index is 0.0372. The van der Waals surface area contributed by atoms with E-state index in [2.05, 4.69) is 72.2 Å². The second-order valence-corrected chi connectivity index (χ2v) is 10.7. The third-order valence-corrected chi connectivity index (χ3v) is 7.79. The van der Waals surface area contributed by atoms with Crippen LogP contribution in [0.5, 0.6) is 0 Å². The molecule has 0 saturated carbocycles. The lowest BCUT2D eigenvalue weighted by molar-refractivity contribution is 0.230. The molecule has 0 spiro atoms. The highest BCUT2D eigenvalue weighted by Crippen LogP contribution is 2.29. The van der Waals surface area contributed by atoms with Crippen LogP contribution >= 0.6 is 0 Å². The molecule has 1 saturated heterocycles. The summed E-state index contributed by atoms with van der Waals surface area (Å²) in [7, 11) is 0. The number of aryl methyl sites for hydroxylation is 1. The van der Waals surface area contributed by atoms with E-state index in [9.17, 15) is 5.11 Å². The van der Waals surface area contributed by atoms with Gasteiger partial charge in [0, 0.05) is 67.7 Å². The number of anilines is 2. The highest BCUT2D eigenvalue weighted by molar-refractivity contribution is 5.77. The fraction of sp³-hybridized carbons (Fsp3) is 0.345. The van der Waals surface area contributed by atoms with Crippen molar-refractivity contribution < 1.29 is 5.11 Å². The SMILES string of the molecule is Cc1ccc([C@](C)(N)c2cnc(N3CCN(c4ncnn5cc(-c6cnn([C@H](C)CO)c6)cc45)CC3)nc2)cc1. The van der Waals surface area contributed by atoms with Crippen LogP contribution in [0.3, 0.4) is 0 Å². The van der Waals surface area contributed by atoms with E-state index in [0.29, 0.717) is 5.95 Å². The first-order valence-electron chi connectivity index (χ1n) is 13.5. The van der Waals surface area contributed by atoms with Crippen molar-refractivity contribution >= 4 is 17.3 Å². The van der Waals surface area contributed by atoms with Gasteiger partial charge in [0.15, 0.2) is 5.82 Å². The van der Waals surface area contributed by atoms with Crippen LogP contribution in [0.1, 0.15) is 36.6 Å². The van der Waals surface area contributed by atoms with E-state index in [4.69, 9.17) is 5.73 Å². The topological polar surface area (TPSA) is 127 Å². The van der Waals surface area contributed by atoms with E-state index < -0.39 is 5.54 Å². The van der Waals surface area contributed by atoms with Crippen LogP contribution in [0.25, 0.3) is 16.6 Å². The second kappa shape index (κ2) is 10.3. The Morgan fingerprint density at radius 1 is 0.900 bits per heavy atom. The monoisotopic (exact) mass is 538 g/mol. The Labute approximate surface area is 232 Å². The molecule has 6 rings (SSSR count). The molecular weight excluding hydrogens is 504 g/mol. The van der Waals surface area contributed by atoms with Crippen molar-refractivity contribution in [2.45, 2.75) is 32.4 Å². The highest BCUT2D eigenvalue weighted by atomic mass is 16.3. The van der Waals surface area contributed by atoms with Gasteiger partial charge in [-0.25, -0.2) is 19.5 Å². The summed E-state index contributed by atoms with van der Waals surface area (Å²) < 4.78 is 3.63. The van der Waals surface area contributed by atoms with Crippen LogP contribution < -0.4 is 15.5 Å². The Morgan fingerprint density at radius 3 is 2.30 bits per heavy atom. The summed E-state index contributed by atoms with van der Waals surface area (Å²) in [6, 6.07) is 10.3. The van der Waals surface area contributed by atoms with Crippen molar-refractivity contribution in [1.82, 2.24) is 34.3 Å². The number of hydrogen-bond donors (Lipinski definition) is 2. The summed E-state index contributed by atoms with van der Waals surface area (Å²) in [5.74, 6) is 1.60. The molecule has 1 aliphatic rings. The maximum Gasteiger partial charge on any atom is 0.225 e. The standard InChI is InChI=1S/C29H34N10O/c1-20-4-6-24(7-5-20)29(3,30)25-14-31-28(32-15-25)37-10-8-36(9-11-37)27-26-12-22(16-39(26)35-19-33-27)23-13-34-38(17-23)21(2)18-40/h4-7,12-17,19,21,40H,8-11,18,30H2,1-3H3/t21-,29+/m1/s1. The van der Waals surface area contributed by atoms with Gasteiger partial charge in [-0.2, -0.15) is 10.2 Å². The normalized spacial score (nSPS) is 16.3. The number of rotatable bonds is 7. The van der Waals surface area contributed by atoms with Crippen molar-refractivity contribution in [3.63, 3.8) is 0 Å². The van der Waals surface area contributed by atoms with Crippen molar-refractivity contribution in [2.24, 2.45) is 5.73 Å². The maximum atomic E-state index is 9.44. The van der Waals surface area contributed by atoms with Gasteiger partial charge in [-0.3, -0.25) is 4.68 Å². The van der Waals surface area contributed by atoms with Gasteiger partial charge in [-0.1, -0.05) is 29.8 Å². The van der Waals surface area contributed by atoms with Gasteiger partial charge in [-0.15, -0.1) is 0 Å². The quantitative estimate of drug-likeness (QED) is 0.322. The van der Waals surface area contributed by atoms with Gasteiger partial charge < -0.3 is 20.6 Å². The molecule has 11 heteroatoms. The van der Waals surface area contributed by atoms with Crippen molar-refractivity contribution in [3.05, 3.63) is 84.3 Å². The molecular formula is C29H34N10O. The van der Waals surface area contributed by atoms with Gasteiger partial charge in [-0.05, 0) is 32.4 Å². The Morgan fingerprint density at radius 2 is 1.60 bits per heavy atom. The molecule has 0 radical (unpaired) electrons. The number of fused-ring (bicyclic) bond motifs is 1. The summed E-state index contributed by atoms with van der Waals surface area (Å²) in [6.07, 6.45) is 11.0. The lowest BCUT2D eigenvalue weighted by Crippen LogP contribution is -2.47. The van der Waals surface area contributed by atoms with Crippen LogP contribution in [0.2, 0.25) is 0 Å². The predicted octanol–water partition coefficient (Wildman–Crippen LogP) is 2.79. The first kappa shape index (κ1) is 25.9. The van der Waals surface area contributed by atoms with Crippen LogP contribution in [-0.2, 0) is 5.54 Å². The zero-order chi connectivity index (χ0) is 27.9. The Hall–Kier alpha value is -4.35. The average Bonchev–Trinajstić information content (AvgIpc) is 3.65. The van der Waals surface area contributed by atoms with Crippen LogP contribution in [0.4, 0.5) is 11.8 Å². The van der Waals surface area contributed by atoms with Gasteiger partial charge in [0.05, 0.1) is 24.4 Å². The van der Waals surface area contributed by atoms with Gasteiger partial charge >= 0.3 is 0 Å².